The molecule has 1 aromatic rings. The average Bonchev–Trinajstić information content (AvgIpc) is 2.29. The van der Waals surface area contributed by atoms with Crippen LogP contribution in [-0.4, -0.2) is 41.6 Å². The Balaban J connectivity index is 2.60. The minimum atomic E-state index is -0.445. The molecule has 2 nitrogen and oxygen atoms in total. The third kappa shape index (κ3) is 4.62. The molecule has 0 fully saturated rings. The van der Waals surface area contributed by atoms with Gasteiger partial charge in [-0.3, -0.25) is 4.90 Å². The van der Waals surface area contributed by atoms with Crippen LogP contribution < -0.4 is 0 Å². The molecule has 0 aromatic heterocycles. The van der Waals surface area contributed by atoms with Crippen molar-refractivity contribution in [2.75, 3.05) is 25.6 Å². The van der Waals surface area contributed by atoms with Crippen LogP contribution in [0.3, 0.4) is 0 Å². The van der Waals surface area contributed by atoms with Gasteiger partial charge in [0, 0.05) is 22.8 Å². The summed E-state index contributed by atoms with van der Waals surface area (Å²) in [5.41, 5.74) is 0.954. The first-order valence-electron chi connectivity index (χ1n) is 5.68. The van der Waals surface area contributed by atoms with E-state index in [1.54, 1.807) is 0 Å². The Morgan fingerprint density at radius 2 is 2.06 bits per heavy atom. The van der Waals surface area contributed by atoms with E-state index in [2.05, 4.69) is 41.1 Å². The van der Waals surface area contributed by atoms with E-state index in [4.69, 9.17) is 0 Å². The van der Waals surface area contributed by atoms with Crippen molar-refractivity contribution in [3.63, 3.8) is 0 Å². The highest BCUT2D eigenvalue weighted by atomic mass is 79.9. The monoisotopic (exact) mass is 317 g/mol. The van der Waals surface area contributed by atoms with E-state index in [-0.39, 0.29) is 0 Å². The lowest BCUT2D eigenvalue weighted by Crippen LogP contribution is -2.34. The van der Waals surface area contributed by atoms with Gasteiger partial charge in [0.25, 0.3) is 0 Å². The Morgan fingerprint density at radius 1 is 1.41 bits per heavy atom. The van der Waals surface area contributed by atoms with Gasteiger partial charge < -0.3 is 5.11 Å². The van der Waals surface area contributed by atoms with E-state index >= 15 is 0 Å². The standard InChI is InChI=1S/C13H20BrNOS/c1-10(9-17-3)15(2)8-13(16)11-6-4-5-7-12(11)14/h4-7,10,13,16H,8-9H2,1-3H3. The number of hydrogen-bond acceptors (Lipinski definition) is 3. The summed E-state index contributed by atoms with van der Waals surface area (Å²) in [5.74, 6) is 1.08. The first-order valence-corrected chi connectivity index (χ1v) is 7.86. The molecule has 0 aliphatic carbocycles. The maximum absolute atomic E-state index is 10.2. The summed E-state index contributed by atoms with van der Waals surface area (Å²) in [6.45, 7) is 2.84. The van der Waals surface area contributed by atoms with Crippen molar-refractivity contribution in [1.29, 1.82) is 0 Å². The highest BCUT2D eigenvalue weighted by Gasteiger charge is 2.16. The van der Waals surface area contributed by atoms with Crippen LogP contribution in [0.4, 0.5) is 0 Å². The molecule has 1 rings (SSSR count). The quantitative estimate of drug-likeness (QED) is 0.871. The van der Waals surface area contributed by atoms with Crippen molar-refractivity contribution in [2.45, 2.75) is 19.1 Å². The number of hydrogen-bond donors (Lipinski definition) is 1. The normalized spacial score (nSPS) is 14.9. The molecular formula is C13H20BrNOS. The van der Waals surface area contributed by atoms with Gasteiger partial charge in [0.2, 0.25) is 0 Å². The summed E-state index contributed by atoms with van der Waals surface area (Å²) in [6, 6.07) is 8.31. The van der Waals surface area contributed by atoms with E-state index in [1.165, 1.54) is 0 Å². The summed E-state index contributed by atoms with van der Waals surface area (Å²) in [7, 11) is 2.06. The number of benzene rings is 1. The third-order valence-corrected chi connectivity index (χ3v) is 4.42. The van der Waals surface area contributed by atoms with Gasteiger partial charge in [-0.2, -0.15) is 11.8 Å². The zero-order chi connectivity index (χ0) is 12.8. The number of aliphatic hydroxyl groups is 1. The molecule has 2 unspecified atom stereocenters. The zero-order valence-corrected chi connectivity index (χ0v) is 13.0. The first kappa shape index (κ1) is 15.0. The van der Waals surface area contributed by atoms with Gasteiger partial charge in [-0.25, -0.2) is 0 Å². The molecule has 1 N–H and O–H groups in total. The first-order chi connectivity index (χ1) is 8.06. The molecule has 0 amide bonds. The fourth-order valence-corrected chi connectivity index (χ4v) is 2.95. The maximum atomic E-state index is 10.2. The molecule has 0 bridgehead atoms. The van der Waals surface area contributed by atoms with Gasteiger partial charge in [0.1, 0.15) is 0 Å². The van der Waals surface area contributed by atoms with Crippen LogP contribution in [0.5, 0.6) is 0 Å². The van der Waals surface area contributed by atoms with Crippen LogP contribution >= 0.6 is 27.7 Å². The van der Waals surface area contributed by atoms with E-state index in [9.17, 15) is 5.11 Å². The molecule has 0 saturated heterocycles. The van der Waals surface area contributed by atoms with Crippen molar-refractivity contribution < 1.29 is 5.11 Å². The van der Waals surface area contributed by atoms with Gasteiger partial charge in [0.15, 0.2) is 0 Å². The number of thioether (sulfide) groups is 1. The average molecular weight is 318 g/mol. The molecule has 4 heteroatoms. The van der Waals surface area contributed by atoms with Crippen molar-refractivity contribution in [2.24, 2.45) is 0 Å². The van der Waals surface area contributed by atoms with Crippen LogP contribution in [0.25, 0.3) is 0 Å². The number of likely N-dealkylation sites (N-methyl/N-ethyl adjacent to an activating group) is 1. The third-order valence-electron chi connectivity index (χ3n) is 2.89. The number of aliphatic hydroxyl groups excluding tert-OH is 1. The SMILES string of the molecule is CSCC(C)N(C)CC(O)c1ccccc1Br. The Kier molecular flexibility index (Phi) is 6.55. The second kappa shape index (κ2) is 7.41. The lowest BCUT2D eigenvalue weighted by atomic mass is 10.1. The molecule has 0 radical (unpaired) electrons. The van der Waals surface area contributed by atoms with Crippen molar-refractivity contribution >= 4 is 27.7 Å². The summed E-state index contributed by atoms with van der Waals surface area (Å²) in [5, 5.41) is 10.2. The van der Waals surface area contributed by atoms with Gasteiger partial charge in [-0.1, -0.05) is 34.1 Å². The molecule has 0 saturated carbocycles. The largest absolute Gasteiger partial charge is 0.387 e. The van der Waals surface area contributed by atoms with Crippen molar-refractivity contribution in [3.05, 3.63) is 34.3 Å². The van der Waals surface area contributed by atoms with Crippen LogP contribution in [0.2, 0.25) is 0 Å². The lowest BCUT2D eigenvalue weighted by Gasteiger charge is -2.27. The minimum Gasteiger partial charge on any atom is -0.387 e. The topological polar surface area (TPSA) is 23.5 Å². The fraction of sp³-hybridized carbons (Fsp3) is 0.538. The van der Waals surface area contributed by atoms with Crippen LogP contribution in [0.15, 0.2) is 28.7 Å². The summed E-state index contributed by atoms with van der Waals surface area (Å²) in [6.07, 6.45) is 1.66. The maximum Gasteiger partial charge on any atom is 0.0927 e. The highest BCUT2D eigenvalue weighted by Crippen LogP contribution is 2.24. The van der Waals surface area contributed by atoms with Gasteiger partial charge in [-0.05, 0) is 31.9 Å². The Labute approximate surface area is 117 Å². The molecule has 0 aliphatic rings. The Hall–Kier alpha value is -0.0300. The number of nitrogens with zero attached hydrogens (tertiary/aromatic N) is 1. The minimum absolute atomic E-state index is 0.445. The highest BCUT2D eigenvalue weighted by molar-refractivity contribution is 9.10. The van der Waals surface area contributed by atoms with E-state index in [0.29, 0.717) is 12.6 Å². The van der Waals surface area contributed by atoms with Crippen LogP contribution in [0.1, 0.15) is 18.6 Å². The van der Waals surface area contributed by atoms with Gasteiger partial charge >= 0.3 is 0 Å². The van der Waals surface area contributed by atoms with Crippen LogP contribution in [0, 0.1) is 0 Å². The zero-order valence-electron chi connectivity index (χ0n) is 10.6. The fourth-order valence-electron chi connectivity index (χ4n) is 1.66. The van der Waals surface area contributed by atoms with Crippen LogP contribution in [-0.2, 0) is 0 Å². The Bertz CT molecular complexity index is 348. The Morgan fingerprint density at radius 3 is 2.65 bits per heavy atom. The van der Waals surface area contributed by atoms with E-state index in [0.717, 1.165) is 15.8 Å². The van der Waals surface area contributed by atoms with Crippen molar-refractivity contribution in [3.8, 4) is 0 Å². The molecule has 17 heavy (non-hydrogen) atoms. The summed E-state index contributed by atoms with van der Waals surface area (Å²) < 4.78 is 0.971. The lowest BCUT2D eigenvalue weighted by molar-refractivity contribution is 0.113. The number of halogens is 1. The molecule has 0 heterocycles. The predicted molar refractivity (Wildman–Crippen MR) is 79.6 cm³/mol. The summed E-state index contributed by atoms with van der Waals surface area (Å²) >= 11 is 5.30. The molecule has 0 aliphatic heterocycles. The second-order valence-electron chi connectivity index (χ2n) is 4.28. The second-order valence-corrected chi connectivity index (χ2v) is 6.05. The summed E-state index contributed by atoms with van der Waals surface area (Å²) in [4.78, 5) is 2.20. The molecule has 2 atom stereocenters. The van der Waals surface area contributed by atoms with E-state index in [1.807, 2.05) is 36.0 Å². The van der Waals surface area contributed by atoms with Gasteiger partial charge in [-0.15, -0.1) is 0 Å². The number of rotatable bonds is 6. The molecule has 0 spiro atoms. The molecular weight excluding hydrogens is 298 g/mol. The van der Waals surface area contributed by atoms with Crippen molar-refractivity contribution in [1.82, 2.24) is 4.90 Å². The predicted octanol–water partition coefficient (Wildman–Crippen LogP) is 3.17. The van der Waals surface area contributed by atoms with E-state index < -0.39 is 6.10 Å². The smallest absolute Gasteiger partial charge is 0.0927 e. The van der Waals surface area contributed by atoms with Gasteiger partial charge in [0.05, 0.1) is 6.10 Å². The molecule has 1 aromatic carbocycles. The molecule has 96 valence electrons.